The highest BCUT2D eigenvalue weighted by Gasteiger charge is 2.27. The molecule has 2 fully saturated rings. The third-order valence-corrected chi connectivity index (χ3v) is 7.16. The lowest BCUT2D eigenvalue weighted by Crippen LogP contribution is -2.44. The second-order valence-electron chi connectivity index (χ2n) is 9.76. The molecule has 2 N–H and O–H groups in total. The van der Waals surface area contributed by atoms with E-state index in [1.54, 1.807) is 7.05 Å². The van der Waals surface area contributed by atoms with Crippen LogP contribution in [0.15, 0.2) is 53.3 Å². The summed E-state index contributed by atoms with van der Waals surface area (Å²) in [5.74, 6) is 1.93. The molecule has 0 spiro atoms. The Kier molecular flexibility index (Phi) is 8.09. The summed E-state index contributed by atoms with van der Waals surface area (Å²) in [5.41, 5.74) is 7.64. The lowest BCUT2D eigenvalue weighted by atomic mass is 10.1. The summed E-state index contributed by atoms with van der Waals surface area (Å²) >= 11 is 6.49. The van der Waals surface area contributed by atoms with Crippen LogP contribution in [0, 0.1) is 0 Å². The number of aromatic nitrogens is 4. The molecule has 10 heteroatoms. The van der Waals surface area contributed by atoms with Crippen LogP contribution < -0.4 is 25.7 Å². The summed E-state index contributed by atoms with van der Waals surface area (Å²) < 4.78 is 15.2. The van der Waals surface area contributed by atoms with Gasteiger partial charge in [-0.15, -0.1) is 0 Å². The van der Waals surface area contributed by atoms with E-state index in [2.05, 4.69) is 9.88 Å². The number of rotatable bonds is 7. The van der Waals surface area contributed by atoms with Crippen LogP contribution in [0.25, 0.3) is 11.2 Å². The van der Waals surface area contributed by atoms with Crippen molar-refractivity contribution in [3.63, 3.8) is 0 Å². The number of anilines is 1. The molecular formula is C29H35ClN6O3. The zero-order valence-electron chi connectivity index (χ0n) is 22.6. The molecule has 3 heterocycles. The molecular weight excluding hydrogens is 516 g/mol. The zero-order chi connectivity index (χ0) is 27.5. The van der Waals surface area contributed by atoms with Gasteiger partial charge in [0.2, 0.25) is 5.95 Å². The van der Waals surface area contributed by atoms with Crippen molar-refractivity contribution in [3.05, 3.63) is 69.5 Å². The molecule has 0 bridgehead atoms. The maximum absolute atomic E-state index is 13.7. The summed E-state index contributed by atoms with van der Waals surface area (Å²) in [6, 6.07) is 15.2. The Balaban J connectivity index is 0.00000151. The maximum atomic E-state index is 13.7. The third-order valence-electron chi connectivity index (χ3n) is 6.79. The average Bonchev–Trinajstić information content (AvgIpc) is 3.68. The van der Waals surface area contributed by atoms with Crippen LogP contribution in [0.3, 0.4) is 0 Å². The number of ether oxygens (including phenoxy) is 2. The molecule has 6 rings (SSSR count). The van der Waals surface area contributed by atoms with Gasteiger partial charge in [0.1, 0.15) is 11.5 Å². The minimum atomic E-state index is -0.252. The number of benzene rings is 2. The summed E-state index contributed by atoms with van der Waals surface area (Å²) in [4.78, 5) is 25.3. The lowest BCUT2D eigenvalue weighted by Gasteiger charge is -2.31. The number of piperidine rings is 1. The molecule has 2 aromatic carbocycles. The van der Waals surface area contributed by atoms with Gasteiger partial charge in [-0.2, -0.15) is 9.97 Å². The maximum Gasteiger partial charge on any atom is 0.306 e. The highest BCUT2D eigenvalue weighted by Crippen LogP contribution is 2.31. The van der Waals surface area contributed by atoms with Crippen molar-refractivity contribution in [1.82, 2.24) is 19.1 Å². The van der Waals surface area contributed by atoms with E-state index in [9.17, 15) is 4.79 Å². The van der Waals surface area contributed by atoms with Crippen LogP contribution in [0.4, 0.5) is 5.95 Å². The van der Waals surface area contributed by atoms with Crippen LogP contribution >= 0.6 is 11.6 Å². The predicted molar refractivity (Wildman–Crippen MR) is 154 cm³/mol. The molecule has 1 unspecified atom stereocenters. The van der Waals surface area contributed by atoms with E-state index in [1.165, 1.54) is 4.57 Å². The SMILES string of the molecule is CC.Cn1c(Oc2cccc(OC3CC3)c2)nc2nc(N3CCCC(N)C3)n(Cc3ccccc3Cl)c2c1=O. The van der Waals surface area contributed by atoms with Gasteiger partial charge in [-0.25, -0.2) is 0 Å². The number of hydrogen-bond acceptors (Lipinski definition) is 7. The molecule has 1 atom stereocenters. The van der Waals surface area contributed by atoms with Crippen molar-refractivity contribution in [3.8, 4) is 17.5 Å². The van der Waals surface area contributed by atoms with E-state index in [0.717, 1.165) is 43.5 Å². The van der Waals surface area contributed by atoms with Crippen molar-refractivity contribution >= 4 is 28.7 Å². The Morgan fingerprint density at radius 1 is 1.05 bits per heavy atom. The molecule has 1 aliphatic carbocycles. The molecule has 1 saturated carbocycles. The van der Waals surface area contributed by atoms with Gasteiger partial charge in [0.15, 0.2) is 11.2 Å². The van der Waals surface area contributed by atoms with Crippen LogP contribution in [0.5, 0.6) is 17.5 Å². The van der Waals surface area contributed by atoms with Gasteiger partial charge in [-0.1, -0.05) is 49.7 Å². The zero-order valence-corrected chi connectivity index (χ0v) is 23.4. The number of nitrogens with two attached hydrogens (primary N) is 1. The molecule has 0 amide bonds. The van der Waals surface area contributed by atoms with Crippen LogP contribution in [-0.2, 0) is 13.6 Å². The van der Waals surface area contributed by atoms with Gasteiger partial charge in [0, 0.05) is 37.3 Å². The van der Waals surface area contributed by atoms with Crippen molar-refractivity contribution < 1.29 is 9.47 Å². The first-order valence-corrected chi connectivity index (χ1v) is 14.0. The van der Waals surface area contributed by atoms with E-state index in [0.29, 0.717) is 41.0 Å². The van der Waals surface area contributed by atoms with E-state index >= 15 is 0 Å². The van der Waals surface area contributed by atoms with Gasteiger partial charge in [0.05, 0.1) is 12.6 Å². The van der Waals surface area contributed by atoms with E-state index in [-0.39, 0.29) is 23.7 Å². The van der Waals surface area contributed by atoms with Gasteiger partial charge < -0.3 is 20.1 Å². The van der Waals surface area contributed by atoms with Crippen molar-refractivity contribution in [1.29, 1.82) is 0 Å². The van der Waals surface area contributed by atoms with E-state index in [1.807, 2.05) is 66.9 Å². The third kappa shape index (κ3) is 5.89. The van der Waals surface area contributed by atoms with E-state index in [4.69, 9.17) is 31.8 Å². The fraction of sp³-hybridized carbons (Fsp3) is 0.414. The average molecular weight is 551 g/mol. The molecule has 1 aliphatic heterocycles. The highest BCUT2D eigenvalue weighted by atomic mass is 35.5. The monoisotopic (exact) mass is 550 g/mol. The van der Waals surface area contributed by atoms with Crippen LogP contribution in [0.1, 0.15) is 45.1 Å². The topological polar surface area (TPSA) is 100 Å². The largest absolute Gasteiger partial charge is 0.490 e. The molecule has 2 aromatic heterocycles. The Labute approximate surface area is 233 Å². The molecule has 39 heavy (non-hydrogen) atoms. The first-order chi connectivity index (χ1) is 19.0. The van der Waals surface area contributed by atoms with Gasteiger partial charge >= 0.3 is 6.01 Å². The Hall–Kier alpha value is -3.56. The molecule has 0 radical (unpaired) electrons. The smallest absolute Gasteiger partial charge is 0.306 e. The van der Waals surface area contributed by atoms with Crippen molar-refractivity contribution in [2.75, 3.05) is 18.0 Å². The number of nitrogens with zero attached hydrogens (tertiary/aromatic N) is 5. The van der Waals surface area contributed by atoms with Gasteiger partial charge in [-0.3, -0.25) is 13.9 Å². The number of hydrogen-bond donors (Lipinski definition) is 1. The lowest BCUT2D eigenvalue weighted by molar-refractivity contribution is 0.301. The van der Waals surface area contributed by atoms with E-state index < -0.39 is 0 Å². The first-order valence-electron chi connectivity index (χ1n) is 13.6. The van der Waals surface area contributed by atoms with Gasteiger partial charge in [-0.05, 0) is 49.4 Å². The minimum absolute atomic E-state index is 0.0437. The second kappa shape index (κ2) is 11.7. The van der Waals surface area contributed by atoms with Crippen molar-refractivity contribution in [2.45, 2.75) is 58.2 Å². The number of imidazole rings is 1. The molecule has 1 saturated heterocycles. The Bertz CT molecular complexity index is 1510. The number of halogens is 1. The molecule has 206 valence electrons. The molecule has 2 aliphatic rings. The summed E-state index contributed by atoms with van der Waals surface area (Å²) in [6.45, 7) is 5.84. The standard InChI is InChI=1S/C27H29ClN6O3.C2H6/c1-32-25(35)23-24(31-27(32)37-21-9-4-8-20(14-21)36-19-11-12-19)30-26(33-13-5-7-18(29)16-33)34(23)15-17-6-2-3-10-22(17)28;1-2/h2-4,6,8-10,14,18-19H,5,7,11-13,15-16,29H2,1H3;1-2H3. The first kappa shape index (κ1) is 27.0. The minimum Gasteiger partial charge on any atom is -0.490 e. The molecule has 4 aromatic rings. The molecule has 9 nitrogen and oxygen atoms in total. The fourth-order valence-corrected chi connectivity index (χ4v) is 4.89. The Morgan fingerprint density at radius 2 is 1.82 bits per heavy atom. The summed E-state index contributed by atoms with van der Waals surface area (Å²) in [6.07, 6.45) is 4.33. The second-order valence-corrected chi connectivity index (χ2v) is 10.2. The van der Waals surface area contributed by atoms with Crippen molar-refractivity contribution in [2.24, 2.45) is 12.8 Å². The Morgan fingerprint density at radius 3 is 2.56 bits per heavy atom. The van der Waals surface area contributed by atoms with Crippen LogP contribution in [-0.4, -0.2) is 44.3 Å². The summed E-state index contributed by atoms with van der Waals surface area (Å²) in [7, 11) is 1.65. The van der Waals surface area contributed by atoms with Crippen LogP contribution in [0.2, 0.25) is 5.02 Å². The summed E-state index contributed by atoms with van der Waals surface area (Å²) in [5, 5.41) is 0.628. The predicted octanol–water partition coefficient (Wildman–Crippen LogP) is 5.12. The quantitative estimate of drug-likeness (QED) is 0.341. The fourth-order valence-electron chi connectivity index (χ4n) is 4.69. The normalized spacial score (nSPS) is 17.1. The highest BCUT2D eigenvalue weighted by molar-refractivity contribution is 6.31. The number of fused-ring (bicyclic) bond motifs is 1. The van der Waals surface area contributed by atoms with Gasteiger partial charge in [0.25, 0.3) is 5.56 Å².